The number of piperazine rings is 1. The minimum absolute atomic E-state index is 0.612. The van der Waals surface area contributed by atoms with Crippen molar-refractivity contribution in [3.05, 3.63) is 40.9 Å². The Bertz CT molecular complexity index is 723. The van der Waals surface area contributed by atoms with Gasteiger partial charge in [-0.05, 0) is 44.1 Å². The molecule has 0 unspecified atom stereocenters. The maximum absolute atomic E-state index is 5.64. The van der Waals surface area contributed by atoms with Crippen LogP contribution >= 0.6 is 12.2 Å². The van der Waals surface area contributed by atoms with Crippen LogP contribution in [0.4, 0.5) is 5.69 Å². The van der Waals surface area contributed by atoms with Crippen LogP contribution in [0.1, 0.15) is 24.7 Å². The fourth-order valence-electron chi connectivity index (χ4n) is 3.47. The zero-order valence-corrected chi connectivity index (χ0v) is 14.4. The van der Waals surface area contributed by atoms with E-state index >= 15 is 0 Å². The molecule has 5 nitrogen and oxygen atoms in total. The van der Waals surface area contributed by atoms with Crippen LogP contribution in [-0.4, -0.2) is 40.5 Å². The van der Waals surface area contributed by atoms with Crippen LogP contribution < -0.4 is 9.80 Å². The van der Waals surface area contributed by atoms with Crippen molar-refractivity contribution < 1.29 is 4.90 Å². The largest absolute Gasteiger partial charge is 0.360 e. The first kappa shape index (κ1) is 14.9. The lowest BCUT2D eigenvalue weighted by atomic mass is 10.2. The Morgan fingerprint density at radius 3 is 2.52 bits per heavy atom. The molecule has 1 aliphatic carbocycles. The molecule has 1 aromatic heterocycles. The van der Waals surface area contributed by atoms with Crippen LogP contribution in [0, 0.1) is 11.7 Å². The van der Waals surface area contributed by atoms with Gasteiger partial charge < -0.3 is 14.4 Å². The number of hydrogen-bond acceptors (Lipinski definition) is 3. The zero-order valence-electron chi connectivity index (χ0n) is 13.6. The summed E-state index contributed by atoms with van der Waals surface area (Å²) in [6.07, 6.45) is 2.51. The molecule has 0 bridgehead atoms. The lowest BCUT2D eigenvalue weighted by Crippen LogP contribution is -3.14. The minimum atomic E-state index is 0.612. The number of aromatic nitrogens is 3. The second-order valence-corrected chi connectivity index (χ2v) is 7.03. The topological polar surface area (TPSA) is 30.4 Å². The molecule has 122 valence electrons. The predicted octanol–water partition coefficient (Wildman–Crippen LogP) is 1.42. The number of nitrogens with one attached hydrogen (secondary N) is 1. The van der Waals surface area contributed by atoms with E-state index in [0.29, 0.717) is 6.04 Å². The molecule has 1 saturated heterocycles. The fourth-order valence-corrected chi connectivity index (χ4v) is 3.86. The molecule has 0 amide bonds. The zero-order chi connectivity index (χ0) is 15.8. The molecule has 2 aromatic rings. The molecule has 0 spiro atoms. The van der Waals surface area contributed by atoms with E-state index in [2.05, 4.69) is 51.8 Å². The molecule has 4 rings (SSSR count). The summed E-state index contributed by atoms with van der Waals surface area (Å²) in [5, 5.41) is 4.68. The van der Waals surface area contributed by atoms with Gasteiger partial charge in [0.25, 0.3) is 0 Å². The van der Waals surface area contributed by atoms with Gasteiger partial charge in [0.1, 0.15) is 5.82 Å². The summed E-state index contributed by atoms with van der Waals surface area (Å²) in [6.45, 7) is 7.41. The lowest BCUT2D eigenvalue weighted by molar-refractivity contribution is -0.924. The van der Waals surface area contributed by atoms with E-state index in [0.717, 1.165) is 43.4 Å². The molecule has 23 heavy (non-hydrogen) atoms. The molecular weight excluding hydrogens is 306 g/mol. The van der Waals surface area contributed by atoms with Crippen molar-refractivity contribution in [2.24, 2.45) is 0 Å². The molecule has 2 heterocycles. The van der Waals surface area contributed by atoms with E-state index in [4.69, 9.17) is 12.2 Å². The Hall–Kier alpha value is -1.66. The van der Waals surface area contributed by atoms with Gasteiger partial charge in [0.05, 0.1) is 26.2 Å². The Morgan fingerprint density at radius 1 is 1.17 bits per heavy atom. The Morgan fingerprint density at radius 2 is 1.87 bits per heavy atom. The molecule has 0 radical (unpaired) electrons. The molecule has 1 aromatic carbocycles. The smallest absolute Gasteiger partial charge is 0.203 e. The molecule has 1 aliphatic heterocycles. The maximum Gasteiger partial charge on any atom is 0.203 e. The third kappa shape index (κ3) is 3.05. The molecule has 2 aliphatic rings. The first-order valence-corrected chi connectivity index (χ1v) is 8.93. The Labute approximate surface area is 142 Å². The predicted molar refractivity (Wildman–Crippen MR) is 93.4 cm³/mol. The minimum Gasteiger partial charge on any atom is -0.360 e. The Kier molecular flexibility index (Phi) is 3.95. The third-order valence-corrected chi connectivity index (χ3v) is 5.33. The van der Waals surface area contributed by atoms with Gasteiger partial charge in [-0.1, -0.05) is 18.2 Å². The van der Waals surface area contributed by atoms with E-state index in [-0.39, 0.29) is 0 Å². The fraction of sp³-hybridized carbons (Fsp3) is 0.529. The first-order valence-electron chi connectivity index (χ1n) is 8.52. The number of anilines is 1. The van der Waals surface area contributed by atoms with Crippen molar-refractivity contribution in [1.29, 1.82) is 0 Å². The van der Waals surface area contributed by atoms with Gasteiger partial charge in [0.2, 0.25) is 4.77 Å². The number of rotatable bonds is 4. The molecule has 0 atom stereocenters. The summed E-state index contributed by atoms with van der Waals surface area (Å²) in [5.41, 5.74) is 1.33. The second kappa shape index (κ2) is 6.09. The first-order chi connectivity index (χ1) is 11.2. The van der Waals surface area contributed by atoms with Gasteiger partial charge in [0.15, 0.2) is 6.67 Å². The summed E-state index contributed by atoms with van der Waals surface area (Å²) in [5.74, 6) is 1.07. The van der Waals surface area contributed by atoms with Crippen LogP contribution in [0.3, 0.4) is 0 Å². The van der Waals surface area contributed by atoms with Crippen LogP contribution in [0.2, 0.25) is 0 Å². The van der Waals surface area contributed by atoms with Crippen molar-refractivity contribution in [2.45, 2.75) is 32.5 Å². The number of para-hydroxylation sites is 1. The summed E-state index contributed by atoms with van der Waals surface area (Å²) >= 11 is 5.64. The van der Waals surface area contributed by atoms with Gasteiger partial charge >= 0.3 is 0 Å². The highest BCUT2D eigenvalue weighted by Crippen LogP contribution is 2.35. The standard InChI is InChI=1S/C17H23N5S/c1-14-18-21(17(23)22(14)16-7-8-16)13-19-9-11-20(12-10-19)15-5-3-2-4-6-15/h2-6,16H,7-13H2,1H3/p+1. The normalized spacial score (nSPS) is 19.3. The van der Waals surface area contributed by atoms with Crippen molar-refractivity contribution in [3.8, 4) is 0 Å². The van der Waals surface area contributed by atoms with Crippen LogP contribution in [0.15, 0.2) is 30.3 Å². The van der Waals surface area contributed by atoms with E-state index in [1.165, 1.54) is 18.5 Å². The third-order valence-electron chi connectivity index (χ3n) is 4.92. The number of quaternary nitrogens is 1. The maximum atomic E-state index is 5.64. The molecular formula is C17H24N5S+. The van der Waals surface area contributed by atoms with Gasteiger partial charge in [-0.25, -0.2) is 0 Å². The van der Waals surface area contributed by atoms with Crippen LogP contribution in [0.5, 0.6) is 0 Å². The molecule has 1 saturated carbocycles. The average Bonchev–Trinajstić information content (AvgIpc) is 3.36. The highest BCUT2D eigenvalue weighted by Gasteiger charge is 2.28. The van der Waals surface area contributed by atoms with E-state index in [1.807, 2.05) is 4.68 Å². The molecule has 1 N–H and O–H groups in total. The highest BCUT2D eigenvalue weighted by molar-refractivity contribution is 7.71. The second-order valence-electron chi connectivity index (χ2n) is 6.66. The number of aryl methyl sites for hydroxylation is 1. The summed E-state index contributed by atoms with van der Waals surface area (Å²) in [6, 6.07) is 11.3. The van der Waals surface area contributed by atoms with Crippen LogP contribution in [-0.2, 0) is 6.67 Å². The van der Waals surface area contributed by atoms with Gasteiger partial charge in [0, 0.05) is 11.7 Å². The number of nitrogens with zero attached hydrogens (tertiary/aromatic N) is 4. The quantitative estimate of drug-likeness (QED) is 0.860. The summed E-state index contributed by atoms with van der Waals surface area (Å²) in [4.78, 5) is 4.03. The van der Waals surface area contributed by atoms with Gasteiger partial charge in [-0.15, -0.1) is 0 Å². The number of benzene rings is 1. The number of hydrogen-bond donors (Lipinski definition) is 1. The lowest BCUT2D eigenvalue weighted by Gasteiger charge is -2.33. The summed E-state index contributed by atoms with van der Waals surface area (Å²) in [7, 11) is 0. The SMILES string of the molecule is Cc1nn(C[NH+]2CCN(c3ccccc3)CC2)c(=S)n1C1CC1. The van der Waals surface area contributed by atoms with Crippen molar-refractivity contribution >= 4 is 17.9 Å². The average molecular weight is 330 g/mol. The van der Waals surface area contributed by atoms with Crippen molar-refractivity contribution in [1.82, 2.24) is 14.3 Å². The van der Waals surface area contributed by atoms with Crippen LogP contribution in [0.25, 0.3) is 0 Å². The Balaban J connectivity index is 1.40. The van der Waals surface area contributed by atoms with Crippen molar-refractivity contribution in [3.63, 3.8) is 0 Å². The van der Waals surface area contributed by atoms with Gasteiger partial charge in [-0.3, -0.25) is 0 Å². The van der Waals surface area contributed by atoms with E-state index in [9.17, 15) is 0 Å². The van der Waals surface area contributed by atoms with Gasteiger partial charge in [-0.2, -0.15) is 9.78 Å². The van der Waals surface area contributed by atoms with E-state index < -0.39 is 0 Å². The highest BCUT2D eigenvalue weighted by atomic mass is 32.1. The molecule has 2 fully saturated rings. The summed E-state index contributed by atoms with van der Waals surface area (Å²) < 4.78 is 5.19. The van der Waals surface area contributed by atoms with E-state index in [1.54, 1.807) is 4.90 Å². The monoisotopic (exact) mass is 330 g/mol. The van der Waals surface area contributed by atoms with Crippen molar-refractivity contribution in [2.75, 3.05) is 31.1 Å². The molecule has 6 heteroatoms.